The van der Waals surface area contributed by atoms with E-state index in [1.165, 1.54) is 10.9 Å². The van der Waals surface area contributed by atoms with E-state index in [0.29, 0.717) is 0 Å². The summed E-state index contributed by atoms with van der Waals surface area (Å²) in [6.07, 6.45) is 3.64. The molecule has 0 aliphatic rings. The van der Waals surface area contributed by atoms with E-state index in [2.05, 4.69) is 4.98 Å². The molecule has 2 rings (SSSR count). The van der Waals surface area contributed by atoms with Crippen LogP contribution in [0.15, 0.2) is 30.6 Å². The zero-order valence-electron chi connectivity index (χ0n) is 8.71. The lowest BCUT2D eigenvalue weighted by Crippen LogP contribution is -1.79. The zero-order valence-corrected chi connectivity index (χ0v) is 9.47. The summed E-state index contributed by atoms with van der Waals surface area (Å²) < 4.78 is 0. The number of aromatic nitrogens is 1. The zero-order chi connectivity index (χ0) is 10.6. The van der Waals surface area contributed by atoms with Crippen molar-refractivity contribution in [2.75, 3.05) is 0 Å². The van der Waals surface area contributed by atoms with E-state index >= 15 is 0 Å². The first-order valence-electron chi connectivity index (χ1n) is 4.77. The van der Waals surface area contributed by atoms with Gasteiger partial charge < -0.3 is 0 Å². The number of fused-ring (bicyclic) bond motifs is 1. The third kappa shape index (κ3) is 2.24. The van der Waals surface area contributed by atoms with Crippen LogP contribution in [0.1, 0.15) is 19.4 Å². The second kappa shape index (κ2) is 4.97. The van der Waals surface area contributed by atoms with Crippen molar-refractivity contribution in [2.45, 2.75) is 20.8 Å². The highest BCUT2D eigenvalue weighted by molar-refractivity contribution is 6.31. The molecule has 0 saturated carbocycles. The van der Waals surface area contributed by atoms with Crippen molar-refractivity contribution in [3.05, 3.63) is 41.2 Å². The largest absolute Gasteiger partial charge is 0.264 e. The van der Waals surface area contributed by atoms with Crippen LogP contribution in [-0.4, -0.2) is 4.98 Å². The average Bonchev–Trinajstić information content (AvgIpc) is 2.20. The Kier molecular flexibility index (Phi) is 3.90. The van der Waals surface area contributed by atoms with Gasteiger partial charge in [-0.25, -0.2) is 0 Å². The van der Waals surface area contributed by atoms with Gasteiger partial charge in [-0.3, -0.25) is 4.98 Å². The summed E-state index contributed by atoms with van der Waals surface area (Å²) in [5, 5.41) is 3.10. The molecule has 0 spiro atoms. The molecule has 1 heterocycles. The van der Waals surface area contributed by atoms with Crippen LogP contribution in [0.2, 0.25) is 5.02 Å². The maximum Gasteiger partial charge on any atom is 0.0415 e. The Hall–Kier alpha value is -1.08. The summed E-state index contributed by atoms with van der Waals surface area (Å²) in [7, 11) is 0. The van der Waals surface area contributed by atoms with E-state index in [9.17, 15) is 0 Å². The Bertz CT molecular complexity index is 424. The molecular weight excluding hydrogens is 194 g/mol. The van der Waals surface area contributed by atoms with E-state index in [0.717, 1.165) is 10.4 Å². The molecule has 0 atom stereocenters. The number of rotatable bonds is 0. The summed E-state index contributed by atoms with van der Waals surface area (Å²) in [4.78, 5) is 4.06. The molecule has 0 saturated heterocycles. The Morgan fingerprint density at radius 1 is 1.21 bits per heavy atom. The molecule has 0 bridgehead atoms. The smallest absolute Gasteiger partial charge is 0.0415 e. The fourth-order valence-electron chi connectivity index (χ4n) is 1.34. The van der Waals surface area contributed by atoms with E-state index in [1.807, 2.05) is 45.2 Å². The van der Waals surface area contributed by atoms with Crippen LogP contribution in [0.25, 0.3) is 10.8 Å². The lowest BCUT2D eigenvalue weighted by atomic mass is 10.1. The third-order valence-electron chi connectivity index (χ3n) is 1.93. The van der Waals surface area contributed by atoms with Crippen LogP contribution in [0.4, 0.5) is 0 Å². The minimum atomic E-state index is 0.784. The monoisotopic (exact) mass is 207 g/mol. The highest BCUT2D eigenvalue weighted by atomic mass is 35.5. The van der Waals surface area contributed by atoms with E-state index in [1.54, 1.807) is 6.20 Å². The molecular formula is C12H14ClN. The minimum Gasteiger partial charge on any atom is -0.264 e. The molecule has 0 N–H and O–H groups in total. The Balaban J connectivity index is 0.000000461. The van der Waals surface area contributed by atoms with Crippen LogP contribution < -0.4 is 0 Å². The van der Waals surface area contributed by atoms with Gasteiger partial charge >= 0.3 is 0 Å². The topological polar surface area (TPSA) is 12.9 Å². The quantitative estimate of drug-likeness (QED) is 0.630. The molecule has 14 heavy (non-hydrogen) atoms. The van der Waals surface area contributed by atoms with Crippen molar-refractivity contribution in [1.29, 1.82) is 0 Å². The van der Waals surface area contributed by atoms with Crippen LogP contribution in [0.5, 0.6) is 0 Å². The number of hydrogen-bond acceptors (Lipinski definition) is 1. The molecule has 0 radical (unpaired) electrons. The normalized spacial score (nSPS) is 9.43. The van der Waals surface area contributed by atoms with E-state index < -0.39 is 0 Å². The van der Waals surface area contributed by atoms with Crippen molar-refractivity contribution < 1.29 is 0 Å². The van der Waals surface area contributed by atoms with Gasteiger partial charge in [0.25, 0.3) is 0 Å². The number of halogens is 1. The first-order chi connectivity index (χ1) is 6.77. The molecule has 1 aromatic heterocycles. The average molecular weight is 208 g/mol. The lowest BCUT2D eigenvalue weighted by Gasteiger charge is -2.00. The van der Waals surface area contributed by atoms with Crippen LogP contribution >= 0.6 is 11.6 Å². The fourth-order valence-corrected chi connectivity index (χ4v) is 1.62. The predicted molar refractivity (Wildman–Crippen MR) is 62.8 cm³/mol. The molecule has 74 valence electrons. The molecule has 1 nitrogen and oxygen atoms in total. The molecule has 2 heteroatoms. The van der Waals surface area contributed by atoms with Crippen molar-refractivity contribution in [3.8, 4) is 0 Å². The second-order valence-corrected chi connectivity index (χ2v) is 3.26. The lowest BCUT2D eigenvalue weighted by molar-refractivity contribution is 1.35. The highest BCUT2D eigenvalue weighted by Gasteiger charge is 1.97. The van der Waals surface area contributed by atoms with Gasteiger partial charge in [0, 0.05) is 22.8 Å². The highest BCUT2D eigenvalue weighted by Crippen LogP contribution is 2.21. The molecule has 0 fully saturated rings. The third-order valence-corrected chi connectivity index (χ3v) is 2.15. The van der Waals surface area contributed by atoms with Crippen LogP contribution in [-0.2, 0) is 0 Å². The molecule has 1 aromatic carbocycles. The maximum absolute atomic E-state index is 5.90. The van der Waals surface area contributed by atoms with Crippen molar-refractivity contribution in [3.63, 3.8) is 0 Å². The Labute approximate surface area is 89.7 Å². The predicted octanol–water partition coefficient (Wildman–Crippen LogP) is 4.22. The number of pyridine rings is 1. The molecule has 0 amide bonds. The summed E-state index contributed by atoms with van der Waals surface area (Å²) >= 11 is 5.90. The molecule has 0 aliphatic heterocycles. The molecule has 2 aromatic rings. The van der Waals surface area contributed by atoms with Gasteiger partial charge in [0.05, 0.1) is 0 Å². The molecule has 0 unspecified atom stereocenters. The van der Waals surface area contributed by atoms with Crippen molar-refractivity contribution >= 4 is 22.4 Å². The first kappa shape index (κ1) is 11.0. The van der Waals surface area contributed by atoms with E-state index in [4.69, 9.17) is 11.6 Å². The maximum atomic E-state index is 5.90. The minimum absolute atomic E-state index is 0.784. The Morgan fingerprint density at radius 3 is 2.64 bits per heavy atom. The van der Waals surface area contributed by atoms with Gasteiger partial charge in [-0.15, -0.1) is 0 Å². The SMILES string of the molecule is CC.Cc1cc(Cl)cc2ccncc12. The second-order valence-electron chi connectivity index (χ2n) is 2.82. The Morgan fingerprint density at radius 2 is 1.93 bits per heavy atom. The van der Waals surface area contributed by atoms with E-state index in [-0.39, 0.29) is 0 Å². The number of nitrogens with zero attached hydrogens (tertiary/aromatic N) is 1. The van der Waals surface area contributed by atoms with Gasteiger partial charge in [0.1, 0.15) is 0 Å². The van der Waals surface area contributed by atoms with Gasteiger partial charge in [-0.2, -0.15) is 0 Å². The fraction of sp³-hybridized carbons (Fsp3) is 0.250. The van der Waals surface area contributed by atoms with Crippen LogP contribution in [0.3, 0.4) is 0 Å². The summed E-state index contributed by atoms with van der Waals surface area (Å²) in [5.41, 5.74) is 1.17. The number of aryl methyl sites for hydroxylation is 1. The van der Waals surface area contributed by atoms with Gasteiger partial charge in [-0.1, -0.05) is 25.4 Å². The van der Waals surface area contributed by atoms with Gasteiger partial charge in [0.2, 0.25) is 0 Å². The summed E-state index contributed by atoms with van der Waals surface area (Å²) in [6, 6.07) is 5.87. The van der Waals surface area contributed by atoms with Crippen molar-refractivity contribution in [1.82, 2.24) is 4.98 Å². The van der Waals surface area contributed by atoms with Gasteiger partial charge in [-0.05, 0) is 36.1 Å². The van der Waals surface area contributed by atoms with Gasteiger partial charge in [0.15, 0.2) is 0 Å². The van der Waals surface area contributed by atoms with Crippen LogP contribution in [0, 0.1) is 6.92 Å². The first-order valence-corrected chi connectivity index (χ1v) is 5.15. The summed E-state index contributed by atoms with van der Waals surface area (Å²) in [5.74, 6) is 0. The number of hydrogen-bond donors (Lipinski definition) is 0. The summed E-state index contributed by atoms with van der Waals surface area (Å²) in [6.45, 7) is 6.04. The number of benzene rings is 1. The van der Waals surface area contributed by atoms with Crippen molar-refractivity contribution in [2.24, 2.45) is 0 Å². The molecule has 0 aliphatic carbocycles. The standard InChI is InChI=1S/C10H8ClN.C2H6/c1-7-4-9(11)5-8-2-3-12-6-10(7)8;1-2/h2-6H,1H3;1-2H3.